The molecule has 5 N–H and O–H groups in total. The van der Waals surface area contributed by atoms with Crippen molar-refractivity contribution >= 4 is 46.3 Å². The van der Waals surface area contributed by atoms with Crippen LogP contribution in [-0.2, 0) is 4.79 Å². The molecule has 3 aromatic rings. The summed E-state index contributed by atoms with van der Waals surface area (Å²) in [5.41, 5.74) is 12.5. The Labute approximate surface area is 230 Å². The van der Waals surface area contributed by atoms with Crippen LogP contribution < -0.4 is 36.1 Å². The van der Waals surface area contributed by atoms with Crippen LogP contribution >= 0.6 is 11.5 Å². The number of amides is 3. The molecular formula is C27H32N6O5S. The number of nitrogens with one attached hydrogen (secondary N) is 1. The lowest BCUT2D eigenvalue weighted by Gasteiger charge is -2.34. The summed E-state index contributed by atoms with van der Waals surface area (Å²) in [5.74, 6) is -0.929. The van der Waals surface area contributed by atoms with Crippen molar-refractivity contribution in [1.82, 2.24) is 9.69 Å². The maximum absolute atomic E-state index is 14.2. The minimum atomic E-state index is -1.11. The Bertz CT molecular complexity index is 1400. The fourth-order valence-electron chi connectivity index (χ4n) is 4.02. The molecule has 0 saturated heterocycles. The highest BCUT2D eigenvalue weighted by atomic mass is 32.1. The molecule has 39 heavy (non-hydrogen) atoms. The van der Waals surface area contributed by atoms with Crippen LogP contribution in [0, 0.1) is 0 Å². The van der Waals surface area contributed by atoms with Crippen LogP contribution in [0.2, 0.25) is 0 Å². The molecule has 1 atom stereocenters. The van der Waals surface area contributed by atoms with Crippen LogP contribution in [0.15, 0.2) is 42.5 Å². The average molecular weight is 553 g/mol. The Morgan fingerprint density at radius 1 is 1.08 bits per heavy atom. The lowest BCUT2D eigenvalue weighted by molar-refractivity contribution is -0.124. The van der Waals surface area contributed by atoms with E-state index in [1.54, 1.807) is 30.3 Å². The fourth-order valence-corrected chi connectivity index (χ4v) is 4.76. The monoisotopic (exact) mass is 552 g/mol. The lowest BCUT2D eigenvalue weighted by atomic mass is 9.97. The van der Waals surface area contributed by atoms with Gasteiger partial charge in [-0.15, -0.1) is 0 Å². The first-order valence-electron chi connectivity index (χ1n) is 12.3. The van der Waals surface area contributed by atoms with Gasteiger partial charge in [0.1, 0.15) is 10.9 Å². The zero-order valence-electron chi connectivity index (χ0n) is 22.5. The Kier molecular flexibility index (Phi) is 7.68. The van der Waals surface area contributed by atoms with Crippen LogP contribution in [0.25, 0.3) is 0 Å². The normalized spacial score (nSPS) is 13.1. The van der Waals surface area contributed by atoms with Gasteiger partial charge >= 0.3 is 0 Å². The highest BCUT2D eigenvalue weighted by molar-refractivity contribution is 7.09. The zero-order chi connectivity index (χ0) is 28.5. The number of fused-ring (bicyclic) bond motifs is 1. The molecule has 2 aromatic carbocycles. The van der Waals surface area contributed by atoms with E-state index >= 15 is 0 Å². The van der Waals surface area contributed by atoms with Gasteiger partial charge in [0.2, 0.25) is 12.7 Å². The van der Waals surface area contributed by atoms with E-state index in [4.69, 9.17) is 20.9 Å². The Morgan fingerprint density at radius 3 is 2.31 bits per heavy atom. The van der Waals surface area contributed by atoms with Gasteiger partial charge in [-0.1, -0.05) is 19.1 Å². The summed E-state index contributed by atoms with van der Waals surface area (Å²) in [6.45, 7) is 5.82. The predicted octanol–water partition coefficient (Wildman–Crippen LogP) is 3.31. The van der Waals surface area contributed by atoms with Crippen molar-refractivity contribution in [1.29, 1.82) is 0 Å². The topological polar surface area (TPSA) is 153 Å². The van der Waals surface area contributed by atoms with Crippen molar-refractivity contribution in [3.63, 3.8) is 0 Å². The predicted molar refractivity (Wildman–Crippen MR) is 150 cm³/mol. The van der Waals surface area contributed by atoms with Crippen LogP contribution in [0.1, 0.15) is 59.0 Å². The van der Waals surface area contributed by atoms with Gasteiger partial charge in [-0.25, -0.2) is 0 Å². The van der Waals surface area contributed by atoms with Crippen molar-refractivity contribution in [2.75, 3.05) is 36.4 Å². The van der Waals surface area contributed by atoms with Crippen LogP contribution in [0.5, 0.6) is 11.5 Å². The number of ether oxygens (including phenoxy) is 2. The second-order valence-corrected chi connectivity index (χ2v) is 10.7. The van der Waals surface area contributed by atoms with Crippen LogP contribution in [0.3, 0.4) is 0 Å². The third-order valence-corrected chi connectivity index (χ3v) is 7.44. The third-order valence-electron chi connectivity index (χ3n) is 6.59. The molecule has 12 heteroatoms. The molecule has 0 unspecified atom stereocenters. The maximum atomic E-state index is 14.2. The van der Waals surface area contributed by atoms with E-state index in [9.17, 15) is 14.4 Å². The molecule has 0 aliphatic carbocycles. The number of nitrogen functional groups attached to an aromatic ring is 1. The molecule has 0 spiro atoms. The van der Waals surface area contributed by atoms with Crippen molar-refractivity contribution in [2.45, 2.75) is 38.8 Å². The molecule has 1 aromatic heterocycles. The van der Waals surface area contributed by atoms with E-state index in [1.165, 1.54) is 4.90 Å². The number of benzene rings is 2. The second kappa shape index (κ2) is 10.8. The van der Waals surface area contributed by atoms with Crippen LogP contribution in [0.4, 0.5) is 17.1 Å². The fraction of sp³-hybridized carbons (Fsp3) is 0.333. The summed E-state index contributed by atoms with van der Waals surface area (Å²) in [4.78, 5) is 43.3. The van der Waals surface area contributed by atoms with Gasteiger partial charge in [0.05, 0.1) is 5.69 Å². The van der Waals surface area contributed by atoms with Gasteiger partial charge < -0.3 is 31.2 Å². The number of nitrogens with two attached hydrogens (primary N) is 2. The first-order valence-corrected chi connectivity index (χ1v) is 13.1. The van der Waals surface area contributed by atoms with E-state index in [0.717, 1.165) is 17.2 Å². The van der Waals surface area contributed by atoms with Gasteiger partial charge in [0.25, 0.3) is 11.8 Å². The summed E-state index contributed by atoms with van der Waals surface area (Å²) in [7, 11) is 3.82. The Hall–Kier alpha value is -4.32. The number of hydrogen-bond acceptors (Lipinski definition) is 9. The standard InChI is InChI=1S/C27H32N6O5S/c1-6-27(2,3)30-25(35)22(15-7-9-16(10-8-15)32(4)5)33(17-11-12-18-19(13-17)38-14-37-18)26(36)23-20(28)21(24(29)34)31-39-23/h7-13,22H,6,14,28H2,1-5H3,(H2,29,34)(H,30,35)/t22-/m0/s1. The molecule has 206 valence electrons. The number of carbonyl (C=O) groups is 3. The first-order chi connectivity index (χ1) is 18.4. The minimum Gasteiger partial charge on any atom is -0.454 e. The van der Waals surface area contributed by atoms with E-state index < -0.39 is 29.3 Å². The molecule has 11 nitrogen and oxygen atoms in total. The van der Waals surface area contributed by atoms with Crippen molar-refractivity contribution < 1.29 is 23.9 Å². The van der Waals surface area contributed by atoms with Gasteiger partial charge in [-0.05, 0) is 61.6 Å². The smallest absolute Gasteiger partial charge is 0.273 e. The number of aromatic nitrogens is 1. The van der Waals surface area contributed by atoms with Crippen molar-refractivity contribution in [3.05, 3.63) is 58.6 Å². The molecule has 1 aliphatic heterocycles. The molecule has 2 heterocycles. The molecule has 4 rings (SSSR count). The maximum Gasteiger partial charge on any atom is 0.273 e. The zero-order valence-corrected chi connectivity index (χ0v) is 23.3. The highest BCUT2D eigenvalue weighted by Gasteiger charge is 2.38. The second-order valence-electron chi connectivity index (χ2n) is 9.97. The summed E-state index contributed by atoms with van der Waals surface area (Å²) in [5, 5.41) is 3.07. The number of nitrogens with zero attached hydrogens (tertiary/aromatic N) is 3. The first kappa shape index (κ1) is 27.7. The molecule has 0 radical (unpaired) electrons. The Morgan fingerprint density at radius 2 is 1.72 bits per heavy atom. The molecule has 0 fully saturated rings. The highest BCUT2D eigenvalue weighted by Crippen LogP contribution is 2.40. The molecule has 0 bridgehead atoms. The van der Waals surface area contributed by atoms with Gasteiger partial charge in [0.15, 0.2) is 17.2 Å². The number of carbonyl (C=O) groups excluding carboxylic acids is 3. The molecule has 0 saturated carbocycles. The summed E-state index contributed by atoms with van der Waals surface area (Å²) in [6, 6.07) is 11.2. The van der Waals surface area contributed by atoms with E-state index in [2.05, 4.69) is 9.69 Å². The van der Waals surface area contributed by atoms with E-state index in [0.29, 0.717) is 29.2 Å². The van der Waals surface area contributed by atoms with Crippen molar-refractivity contribution in [2.24, 2.45) is 5.73 Å². The van der Waals surface area contributed by atoms with Crippen molar-refractivity contribution in [3.8, 4) is 11.5 Å². The van der Waals surface area contributed by atoms with Gasteiger partial charge in [0, 0.05) is 37.1 Å². The summed E-state index contributed by atoms with van der Waals surface area (Å²) < 4.78 is 15.0. The lowest BCUT2D eigenvalue weighted by Crippen LogP contribution is -2.50. The SMILES string of the molecule is CCC(C)(C)NC(=O)[C@H](c1ccc(N(C)C)cc1)N(C(=O)c1snc(C(N)=O)c1N)c1ccc2c(c1)OCO2. The molecular weight excluding hydrogens is 520 g/mol. The molecule has 1 aliphatic rings. The number of rotatable bonds is 9. The van der Waals surface area contributed by atoms with Gasteiger partial charge in [-0.2, -0.15) is 4.37 Å². The Balaban J connectivity index is 1.91. The van der Waals surface area contributed by atoms with E-state index in [-0.39, 0.29) is 23.1 Å². The van der Waals surface area contributed by atoms with E-state index in [1.807, 2.05) is 51.9 Å². The summed E-state index contributed by atoms with van der Waals surface area (Å²) >= 11 is 0.748. The van der Waals surface area contributed by atoms with Crippen LogP contribution in [-0.4, -0.2) is 48.5 Å². The number of hydrogen-bond donors (Lipinski definition) is 3. The molecule has 3 amide bonds. The largest absolute Gasteiger partial charge is 0.454 e. The number of primary amides is 1. The quantitative estimate of drug-likeness (QED) is 0.365. The summed E-state index contributed by atoms with van der Waals surface area (Å²) in [6.07, 6.45) is 0.659. The minimum absolute atomic E-state index is 0.0149. The third kappa shape index (κ3) is 5.60. The van der Waals surface area contributed by atoms with Gasteiger partial charge in [-0.3, -0.25) is 19.3 Å². The number of anilines is 3. The average Bonchev–Trinajstić information content (AvgIpc) is 3.52.